The summed E-state index contributed by atoms with van der Waals surface area (Å²) < 4.78 is 1.60. The lowest BCUT2D eigenvalue weighted by molar-refractivity contribution is 0.101. The van der Waals surface area contributed by atoms with Crippen molar-refractivity contribution < 1.29 is 4.79 Å². The molecule has 5 nitrogen and oxygen atoms in total. The topological polar surface area (TPSA) is 59.8 Å². The minimum atomic E-state index is -0.211. The van der Waals surface area contributed by atoms with Crippen molar-refractivity contribution in [1.82, 2.24) is 14.8 Å². The summed E-state index contributed by atoms with van der Waals surface area (Å²) in [6, 6.07) is 7.67. The number of anilines is 1. The number of hydrogen-bond donors (Lipinski definition) is 1. The molecule has 74 valence electrons. The molecular weight excluding hydrogens is 192 g/mol. The van der Waals surface area contributed by atoms with Gasteiger partial charge in [-0.3, -0.25) is 4.79 Å². The summed E-state index contributed by atoms with van der Waals surface area (Å²) in [6.45, 7) is 0.574. The van der Waals surface area contributed by atoms with E-state index in [9.17, 15) is 4.79 Å². The lowest BCUT2D eigenvalue weighted by atomic mass is 10.2. The van der Waals surface area contributed by atoms with Gasteiger partial charge in [0.2, 0.25) is 5.82 Å². The maximum atomic E-state index is 11.7. The number of para-hydroxylation sites is 1. The second-order valence-corrected chi connectivity index (χ2v) is 3.35. The summed E-state index contributed by atoms with van der Waals surface area (Å²) in [4.78, 5) is 15.6. The van der Waals surface area contributed by atoms with Crippen LogP contribution >= 0.6 is 0 Å². The highest BCUT2D eigenvalue weighted by Gasteiger charge is 2.19. The van der Waals surface area contributed by atoms with Gasteiger partial charge in [-0.1, -0.05) is 18.2 Å². The number of amides is 1. The number of rotatable bonds is 0. The molecule has 1 aliphatic heterocycles. The van der Waals surface area contributed by atoms with E-state index in [4.69, 9.17) is 0 Å². The van der Waals surface area contributed by atoms with Crippen LogP contribution in [-0.2, 0) is 6.54 Å². The van der Waals surface area contributed by atoms with Crippen LogP contribution in [0.1, 0.15) is 16.2 Å². The summed E-state index contributed by atoms with van der Waals surface area (Å²) in [7, 11) is 0. The molecule has 2 heterocycles. The zero-order valence-corrected chi connectivity index (χ0v) is 7.84. The van der Waals surface area contributed by atoms with Crippen LogP contribution in [0.4, 0.5) is 5.69 Å². The SMILES string of the molecule is O=C1Nc2ccccc2Cn2ncnc21. The van der Waals surface area contributed by atoms with E-state index in [0.717, 1.165) is 11.3 Å². The molecule has 15 heavy (non-hydrogen) atoms. The highest BCUT2D eigenvalue weighted by molar-refractivity contribution is 6.02. The minimum absolute atomic E-state index is 0.211. The maximum absolute atomic E-state index is 11.7. The second-order valence-electron chi connectivity index (χ2n) is 3.35. The van der Waals surface area contributed by atoms with Gasteiger partial charge < -0.3 is 5.32 Å². The largest absolute Gasteiger partial charge is 0.319 e. The lowest BCUT2D eigenvalue weighted by Crippen LogP contribution is -2.15. The highest BCUT2D eigenvalue weighted by atomic mass is 16.2. The Bertz CT molecular complexity index is 532. The fourth-order valence-corrected chi connectivity index (χ4v) is 1.68. The molecule has 0 bridgehead atoms. The zero-order chi connectivity index (χ0) is 10.3. The normalized spacial score (nSPS) is 13.7. The molecule has 0 atom stereocenters. The van der Waals surface area contributed by atoms with E-state index in [1.165, 1.54) is 6.33 Å². The van der Waals surface area contributed by atoms with E-state index in [1.54, 1.807) is 4.68 Å². The van der Waals surface area contributed by atoms with E-state index < -0.39 is 0 Å². The van der Waals surface area contributed by atoms with Crippen LogP contribution in [0.2, 0.25) is 0 Å². The number of nitrogens with one attached hydrogen (secondary N) is 1. The molecule has 0 saturated carbocycles. The Morgan fingerprint density at radius 1 is 1.33 bits per heavy atom. The van der Waals surface area contributed by atoms with Gasteiger partial charge in [0.25, 0.3) is 5.91 Å². The Hall–Kier alpha value is -2.17. The van der Waals surface area contributed by atoms with Crippen LogP contribution < -0.4 is 5.32 Å². The number of carbonyl (C=O) groups is 1. The Balaban J connectivity index is 2.18. The first-order valence-corrected chi connectivity index (χ1v) is 4.61. The molecule has 0 fully saturated rings. The van der Waals surface area contributed by atoms with Gasteiger partial charge >= 0.3 is 0 Å². The fraction of sp³-hybridized carbons (Fsp3) is 0.100. The minimum Gasteiger partial charge on any atom is -0.319 e. The molecule has 1 amide bonds. The van der Waals surface area contributed by atoms with Crippen LogP contribution in [0.15, 0.2) is 30.6 Å². The zero-order valence-electron chi connectivity index (χ0n) is 7.84. The Labute approximate surface area is 85.8 Å². The van der Waals surface area contributed by atoms with Crippen LogP contribution in [0.3, 0.4) is 0 Å². The summed E-state index contributed by atoms with van der Waals surface area (Å²) in [5.74, 6) is 0.142. The van der Waals surface area contributed by atoms with Crippen molar-refractivity contribution in [3.63, 3.8) is 0 Å². The number of hydrogen-bond acceptors (Lipinski definition) is 3. The van der Waals surface area contributed by atoms with Gasteiger partial charge in [0, 0.05) is 5.69 Å². The summed E-state index contributed by atoms with van der Waals surface area (Å²) in [5.41, 5.74) is 1.87. The first-order valence-electron chi connectivity index (χ1n) is 4.61. The number of fused-ring (bicyclic) bond motifs is 2. The summed E-state index contributed by atoms with van der Waals surface area (Å²) >= 11 is 0. The maximum Gasteiger partial charge on any atom is 0.293 e. The third-order valence-electron chi connectivity index (χ3n) is 2.40. The molecule has 0 radical (unpaired) electrons. The molecule has 1 aromatic heterocycles. The van der Waals surface area contributed by atoms with E-state index in [2.05, 4.69) is 15.4 Å². The molecule has 2 aromatic rings. The second kappa shape index (κ2) is 2.91. The van der Waals surface area contributed by atoms with Gasteiger partial charge in [-0.2, -0.15) is 5.10 Å². The average Bonchev–Trinajstić information content (AvgIpc) is 2.64. The Morgan fingerprint density at radius 3 is 3.13 bits per heavy atom. The van der Waals surface area contributed by atoms with Gasteiger partial charge in [0.15, 0.2) is 0 Å². The predicted octanol–water partition coefficient (Wildman–Crippen LogP) is 0.892. The third kappa shape index (κ3) is 1.20. The molecule has 1 aliphatic rings. The van der Waals surface area contributed by atoms with E-state index in [-0.39, 0.29) is 5.91 Å². The molecule has 0 spiro atoms. The Kier molecular flexibility index (Phi) is 1.58. The van der Waals surface area contributed by atoms with Gasteiger partial charge in [-0.15, -0.1) is 0 Å². The molecule has 3 rings (SSSR count). The van der Waals surface area contributed by atoms with E-state index in [1.807, 2.05) is 24.3 Å². The van der Waals surface area contributed by atoms with Crippen LogP contribution in [-0.4, -0.2) is 20.7 Å². The summed E-state index contributed by atoms with van der Waals surface area (Å²) in [5, 5.41) is 6.81. The smallest absolute Gasteiger partial charge is 0.293 e. The standard InChI is InChI=1S/C10H8N4O/c15-10-9-11-6-12-14(9)5-7-3-1-2-4-8(7)13-10/h1-4,6H,5H2,(H,13,15). The fourth-order valence-electron chi connectivity index (χ4n) is 1.68. The van der Waals surface area contributed by atoms with E-state index >= 15 is 0 Å². The Morgan fingerprint density at radius 2 is 2.20 bits per heavy atom. The molecule has 0 aliphatic carbocycles. The van der Waals surface area contributed by atoms with Crippen molar-refractivity contribution in [3.8, 4) is 0 Å². The van der Waals surface area contributed by atoms with Gasteiger partial charge in [-0.25, -0.2) is 9.67 Å². The first kappa shape index (κ1) is 8.16. The first-order chi connectivity index (χ1) is 7.34. The van der Waals surface area contributed by atoms with Gasteiger partial charge in [0.1, 0.15) is 6.33 Å². The lowest BCUT2D eigenvalue weighted by Gasteiger charge is -2.04. The number of carbonyl (C=O) groups excluding carboxylic acids is 1. The van der Waals surface area contributed by atoms with Crippen molar-refractivity contribution in [2.45, 2.75) is 6.54 Å². The van der Waals surface area contributed by atoms with Crippen LogP contribution in [0.5, 0.6) is 0 Å². The van der Waals surface area contributed by atoms with E-state index in [0.29, 0.717) is 12.4 Å². The van der Waals surface area contributed by atoms with Crippen molar-refractivity contribution in [1.29, 1.82) is 0 Å². The molecule has 5 heteroatoms. The van der Waals surface area contributed by atoms with Crippen molar-refractivity contribution in [3.05, 3.63) is 42.0 Å². The van der Waals surface area contributed by atoms with Crippen LogP contribution in [0, 0.1) is 0 Å². The highest BCUT2D eigenvalue weighted by Crippen LogP contribution is 2.20. The quantitative estimate of drug-likeness (QED) is 0.687. The summed E-state index contributed by atoms with van der Waals surface area (Å²) in [6.07, 6.45) is 1.39. The molecule has 1 aromatic carbocycles. The monoisotopic (exact) mass is 200 g/mol. The van der Waals surface area contributed by atoms with Gasteiger partial charge in [-0.05, 0) is 11.6 Å². The average molecular weight is 200 g/mol. The van der Waals surface area contributed by atoms with Gasteiger partial charge in [0.05, 0.1) is 6.54 Å². The van der Waals surface area contributed by atoms with Crippen molar-refractivity contribution in [2.24, 2.45) is 0 Å². The molecule has 0 unspecified atom stereocenters. The molecular formula is C10H8N4O. The molecule has 0 saturated heterocycles. The molecule has 1 N–H and O–H groups in total. The van der Waals surface area contributed by atoms with Crippen LogP contribution in [0.25, 0.3) is 0 Å². The van der Waals surface area contributed by atoms with Crippen molar-refractivity contribution in [2.75, 3.05) is 5.32 Å². The van der Waals surface area contributed by atoms with Crippen molar-refractivity contribution >= 4 is 11.6 Å². The number of aromatic nitrogens is 3. The number of nitrogens with zero attached hydrogens (tertiary/aromatic N) is 3. The number of benzene rings is 1. The predicted molar refractivity (Wildman–Crippen MR) is 53.5 cm³/mol. The third-order valence-corrected chi connectivity index (χ3v) is 2.40.